The first kappa shape index (κ1) is 32.8. The Balaban J connectivity index is 1.57. The molecule has 49 heavy (non-hydrogen) atoms. The average Bonchev–Trinajstić information content (AvgIpc) is 3.84. The first-order valence-electron chi connectivity index (χ1n) is 18.6. The van der Waals surface area contributed by atoms with E-state index in [-0.39, 0.29) is 0 Å². The van der Waals surface area contributed by atoms with Gasteiger partial charge in [-0.3, -0.25) is 0 Å². The second-order valence-electron chi connectivity index (χ2n) is 13.6. The van der Waals surface area contributed by atoms with Crippen LogP contribution in [0.25, 0.3) is 66.3 Å². The molecule has 0 unspecified atom stereocenters. The van der Waals surface area contributed by atoms with Gasteiger partial charge in [0, 0.05) is 63.5 Å². The van der Waals surface area contributed by atoms with Gasteiger partial charge in [-0.2, -0.15) is 5.26 Å². The second kappa shape index (κ2) is 14.4. The maximum Gasteiger partial charge on any atom is 0.227 e. The minimum absolute atomic E-state index is 0.341. The Hall–Kier alpha value is -4.76. The van der Waals surface area contributed by atoms with Crippen LogP contribution in [0.15, 0.2) is 75.6 Å². The molecule has 0 spiro atoms. The average molecular weight is 653 g/mol. The number of nitrogens with zero attached hydrogens (tertiary/aromatic N) is 4. The number of aromatic nitrogens is 2. The van der Waals surface area contributed by atoms with E-state index in [0.717, 1.165) is 90.1 Å². The maximum atomic E-state index is 9.43. The molecule has 0 aliphatic rings. The summed E-state index contributed by atoms with van der Waals surface area (Å²) in [6.07, 6.45) is 11.6. The minimum Gasteiger partial charge on any atom is -0.452 e. The van der Waals surface area contributed by atoms with Gasteiger partial charge in [0.1, 0.15) is 11.1 Å². The van der Waals surface area contributed by atoms with Gasteiger partial charge in [0.2, 0.25) is 11.5 Å². The van der Waals surface area contributed by atoms with Gasteiger partial charge in [0.25, 0.3) is 0 Å². The van der Waals surface area contributed by atoms with Crippen LogP contribution in [-0.2, 0) is 0 Å². The standard InChI is InChI=1S/C43H48N4O2/c1-5-9-15-31(16-10-6-2)47-35-18-14-13-17-33(35)37-38-34-24-23-32(46(25-11-7-3)26-12-8-4)27-36(34)48-41(38)42-39(40(37)47)45-43(49-42)30-21-19-29(28-44)20-22-30/h13-14,17-24,27,31H,5-12,15-16,25-26H2,1-4H3. The summed E-state index contributed by atoms with van der Waals surface area (Å²) < 4.78 is 16.2. The predicted octanol–water partition coefficient (Wildman–Crippen LogP) is 12.7. The van der Waals surface area contributed by atoms with Crippen molar-refractivity contribution in [3.05, 3.63) is 72.3 Å². The lowest BCUT2D eigenvalue weighted by atomic mass is 10.0. The molecule has 4 aromatic carbocycles. The Labute approximate surface area is 289 Å². The summed E-state index contributed by atoms with van der Waals surface area (Å²) >= 11 is 0. The van der Waals surface area contributed by atoms with Crippen molar-refractivity contribution < 1.29 is 8.83 Å². The zero-order valence-electron chi connectivity index (χ0n) is 29.5. The van der Waals surface area contributed by atoms with Crippen molar-refractivity contribution in [3.8, 4) is 17.5 Å². The molecular weight excluding hydrogens is 604 g/mol. The number of rotatable bonds is 15. The van der Waals surface area contributed by atoms with E-state index in [0.29, 0.717) is 23.1 Å². The number of oxazole rings is 1. The molecule has 0 atom stereocenters. The highest BCUT2D eigenvalue weighted by atomic mass is 16.4. The number of fused-ring (bicyclic) bond motifs is 10. The predicted molar refractivity (Wildman–Crippen MR) is 205 cm³/mol. The molecule has 3 heterocycles. The van der Waals surface area contributed by atoms with E-state index in [4.69, 9.17) is 13.8 Å². The normalized spacial score (nSPS) is 12.0. The number of furan rings is 1. The van der Waals surface area contributed by atoms with Crippen molar-refractivity contribution >= 4 is 60.5 Å². The van der Waals surface area contributed by atoms with Crippen molar-refractivity contribution in [2.24, 2.45) is 0 Å². The largest absolute Gasteiger partial charge is 0.452 e. The summed E-state index contributed by atoms with van der Waals surface area (Å²) in [6.45, 7) is 11.2. The van der Waals surface area contributed by atoms with E-state index in [1.54, 1.807) is 0 Å². The van der Waals surface area contributed by atoms with E-state index in [1.807, 2.05) is 24.3 Å². The van der Waals surface area contributed by atoms with Gasteiger partial charge in [0.05, 0.1) is 17.1 Å². The number of para-hydroxylation sites is 1. The smallest absolute Gasteiger partial charge is 0.227 e. The van der Waals surface area contributed by atoms with Crippen LogP contribution in [0.4, 0.5) is 5.69 Å². The number of hydrogen-bond acceptors (Lipinski definition) is 5. The van der Waals surface area contributed by atoms with E-state index in [2.05, 4.69) is 85.7 Å². The molecule has 0 bridgehead atoms. The molecule has 0 fully saturated rings. The second-order valence-corrected chi connectivity index (χ2v) is 13.6. The molecule has 6 heteroatoms. The first-order chi connectivity index (χ1) is 24.1. The highest BCUT2D eigenvalue weighted by Crippen LogP contribution is 2.48. The zero-order chi connectivity index (χ0) is 33.9. The lowest BCUT2D eigenvalue weighted by molar-refractivity contribution is 0.427. The quantitative estimate of drug-likeness (QED) is 0.110. The Kier molecular flexibility index (Phi) is 9.62. The topological polar surface area (TPSA) is 71.1 Å². The molecule has 3 aromatic heterocycles. The van der Waals surface area contributed by atoms with Gasteiger partial charge in [-0.1, -0.05) is 84.4 Å². The van der Waals surface area contributed by atoms with Crippen LogP contribution in [0.1, 0.15) is 104 Å². The Morgan fingerprint density at radius 2 is 1.45 bits per heavy atom. The van der Waals surface area contributed by atoms with Crippen molar-refractivity contribution in [2.45, 2.75) is 97.9 Å². The molecular formula is C43H48N4O2. The molecule has 252 valence electrons. The number of hydrogen-bond donors (Lipinski definition) is 0. The van der Waals surface area contributed by atoms with E-state index < -0.39 is 0 Å². The van der Waals surface area contributed by atoms with Gasteiger partial charge in [-0.05, 0) is 68.1 Å². The van der Waals surface area contributed by atoms with E-state index >= 15 is 0 Å². The monoisotopic (exact) mass is 652 g/mol. The van der Waals surface area contributed by atoms with Gasteiger partial charge >= 0.3 is 0 Å². The number of anilines is 1. The Bertz CT molecular complexity index is 2250. The van der Waals surface area contributed by atoms with Crippen LogP contribution in [0.3, 0.4) is 0 Å². The fourth-order valence-electron chi connectivity index (χ4n) is 7.61. The van der Waals surface area contributed by atoms with Crippen molar-refractivity contribution in [3.63, 3.8) is 0 Å². The fourth-order valence-corrected chi connectivity index (χ4v) is 7.61. The number of nitriles is 1. The molecule has 0 saturated carbocycles. The molecule has 0 radical (unpaired) electrons. The Morgan fingerprint density at radius 1 is 0.755 bits per heavy atom. The van der Waals surface area contributed by atoms with E-state index in [1.165, 1.54) is 47.7 Å². The molecule has 0 aliphatic carbocycles. The maximum absolute atomic E-state index is 9.43. The summed E-state index contributed by atoms with van der Waals surface area (Å²) in [5.74, 6) is 0.537. The van der Waals surface area contributed by atoms with Gasteiger partial charge < -0.3 is 18.3 Å². The number of benzene rings is 4. The van der Waals surface area contributed by atoms with Crippen LogP contribution in [0.2, 0.25) is 0 Å². The third kappa shape index (κ3) is 5.94. The summed E-state index contributed by atoms with van der Waals surface area (Å²) in [5, 5.41) is 14.0. The Morgan fingerprint density at radius 3 is 2.12 bits per heavy atom. The molecule has 6 nitrogen and oxygen atoms in total. The minimum atomic E-state index is 0.341. The summed E-state index contributed by atoms with van der Waals surface area (Å²) in [4.78, 5) is 7.77. The van der Waals surface area contributed by atoms with Crippen LogP contribution in [0.5, 0.6) is 0 Å². The van der Waals surface area contributed by atoms with Crippen LogP contribution >= 0.6 is 0 Å². The third-order valence-corrected chi connectivity index (χ3v) is 10.2. The number of unbranched alkanes of at least 4 members (excludes halogenated alkanes) is 4. The SMILES string of the molecule is CCCCC(CCCC)n1c2ccccc2c2c3c4ccc(N(CCCC)CCCC)cc4oc3c3oc(-c4ccc(C#N)cc4)nc3c21. The molecule has 0 saturated heterocycles. The lowest BCUT2D eigenvalue weighted by Gasteiger charge is -2.24. The molecule has 7 aromatic rings. The summed E-state index contributed by atoms with van der Waals surface area (Å²) in [5.41, 5.74) is 8.17. The summed E-state index contributed by atoms with van der Waals surface area (Å²) in [7, 11) is 0. The van der Waals surface area contributed by atoms with E-state index in [9.17, 15) is 5.26 Å². The first-order valence-corrected chi connectivity index (χ1v) is 18.6. The molecule has 7 rings (SSSR count). The highest BCUT2D eigenvalue weighted by molar-refractivity contribution is 6.34. The highest BCUT2D eigenvalue weighted by Gasteiger charge is 2.28. The van der Waals surface area contributed by atoms with Gasteiger partial charge in [0.15, 0.2) is 5.58 Å². The van der Waals surface area contributed by atoms with Gasteiger partial charge in [-0.25, -0.2) is 4.98 Å². The molecule has 0 amide bonds. The molecule has 0 aliphatic heterocycles. The third-order valence-electron chi connectivity index (χ3n) is 10.2. The van der Waals surface area contributed by atoms with Crippen molar-refractivity contribution in [1.29, 1.82) is 5.26 Å². The van der Waals surface area contributed by atoms with Gasteiger partial charge in [-0.15, -0.1) is 0 Å². The zero-order valence-corrected chi connectivity index (χ0v) is 29.5. The van der Waals surface area contributed by atoms with Crippen LogP contribution in [-0.4, -0.2) is 22.6 Å². The lowest BCUT2D eigenvalue weighted by Crippen LogP contribution is -2.25. The molecule has 0 N–H and O–H groups in total. The van der Waals surface area contributed by atoms with Crippen molar-refractivity contribution in [2.75, 3.05) is 18.0 Å². The van der Waals surface area contributed by atoms with Crippen LogP contribution in [0, 0.1) is 11.3 Å². The van der Waals surface area contributed by atoms with Crippen LogP contribution < -0.4 is 4.90 Å². The summed E-state index contributed by atoms with van der Waals surface area (Å²) in [6, 6.07) is 25.7. The fraction of sp³-hybridized carbons (Fsp3) is 0.395. The van der Waals surface area contributed by atoms with Crippen molar-refractivity contribution in [1.82, 2.24) is 9.55 Å².